The maximum absolute atomic E-state index is 12.2. The molecule has 0 radical (unpaired) electrons. The molecule has 3 fully saturated rings. The molecule has 0 aromatic heterocycles. The summed E-state index contributed by atoms with van der Waals surface area (Å²) in [5.74, 6) is 0.791. The monoisotopic (exact) mass is 273 g/mol. The second-order valence-corrected chi connectivity index (χ2v) is 5.99. The van der Waals surface area contributed by atoms with Gasteiger partial charge < -0.3 is 15.5 Å². The number of para-hydroxylation sites is 1. The fraction of sp³-hybridized carbons (Fsp3) is 0.562. The van der Waals surface area contributed by atoms with Crippen LogP contribution in [0, 0.1) is 5.92 Å². The highest BCUT2D eigenvalue weighted by atomic mass is 16.2. The predicted octanol–water partition coefficient (Wildman–Crippen LogP) is 1.70. The molecule has 1 aromatic carbocycles. The lowest BCUT2D eigenvalue weighted by molar-refractivity contribution is -0.118. The molecule has 3 heterocycles. The fourth-order valence-electron chi connectivity index (χ4n) is 3.32. The molecule has 4 nitrogen and oxygen atoms in total. The van der Waals surface area contributed by atoms with E-state index in [1.807, 2.05) is 37.3 Å². The molecule has 3 aliphatic heterocycles. The van der Waals surface area contributed by atoms with Gasteiger partial charge in [0.25, 0.3) is 0 Å². The van der Waals surface area contributed by atoms with E-state index in [1.54, 1.807) is 0 Å². The molecule has 1 amide bonds. The van der Waals surface area contributed by atoms with Crippen molar-refractivity contribution in [3.8, 4) is 0 Å². The molecule has 0 spiro atoms. The quantitative estimate of drug-likeness (QED) is 0.877. The fourth-order valence-corrected chi connectivity index (χ4v) is 3.32. The van der Waals surface area contributed by atoms with E-state index in [9.17, 15) is 4.79 Å². The Bertz CT molecular complexity index is 454. The van der Waals surface area contributed by atoms with Crippen LogP contribution in [0.4, 0.5) is 5.69 Å². The highest BCUT2D eigenvalue weighted by Crippen LogP contribution is 2.27. The molecule has 4 heteroatoms. The van der Waals surface area contributed by atoms with E-state index >= 15 is 0 Å². The molecular formula is C16H23N3O. The zero-order valence-corrected chi connectivity index (χ0v) is 12.0. The Morgan fingerprint density at radius 2 is 1.95 bits per heavy atom. The van der Waals surface area contributed by atoms with Crippen LogP contribution in [0.2, 0.25) is 0 Å². The van der Waals surface area contributed by atoms with Crippen LogP contribution in [0.3, 0.4) is 0 Å². The lowest BCUT2D eigenvalue weighted by Crippen LogP contribution is -2.59. The van der Waals surface area contributed by atoms with Crippen molar-refractivity contribution in [1.29, 1.82) is 0 Å². The van der Waals surface area contributed by atoms with Gasteiger partial charge in [0.05, 0.1) is 6.04 Å². The Balaban J connectivity index is 1.54. The topological polar surface area (TPSA) is 44.4 Å². The third kappa shape index (κ3) is 3.02. The van der Waals surface area contributed by atoms with Gasteiger partial charge in [-0.25, -0.2) is 0 Å². The third-order valence-corrected chi connectivity index (χ3v) is 4.55. The second-order valence-electron chi connectivity index (χ2n) is 5.99. The number of hydrogen-bond donors (Lipinski definition) is 2. The summed E-state index contributed by atoms with van der Waals surface area (Å²) >= 11 is 0. The van der Waals surface area contributed by atoms with Gasteiger partial charge >= 0.3 is 0 Å². The SMILES string of the molecule is CC(NC1CN2CCC1CC2)C(=O)Nc1ccccc1. The molecule has 20 heavy (non-hydrogen) atoms. The van der Waals surface area contributed by atoms with E-state index in [4.69, 9.17) is 0 Å². The number of carbonyl (C=O) groups excluding carboxylic acids is 1. The van der Waals surface area contributed by atoms with Gasteiger partial charge in [0, 0.05) is 18.3 Å². The number of nitrogens with one attached hydrogen (secondary N) is 2. The Morgan fingerprint density at radius 3 is 2.55 bits per heavy atom. The zero-order chi connectivity index (χ0) is 13.9. The van der Waals surface area contributed by atoms with E-state index in [2.05, 4.69) is 15.5 Å². The van der Waals surface area contributed by atoms with Crippen molar-refractivity contribution >= 4 is 11.6 Å². The maximum atomic E-state index is 12.2. The van der Waals surface area contributed by atoms with Gasteiger partial charge in [0.2, 0.25) is 5.91 Å². The van der Waals surface area contributed by atoms with Crippen LogP contribution in [-0.4, -0.2) is 42.5 Å². The van der Waals surface area contributed by atoms with Crippen molar-refractivity contribution in [2.75, 3.05) is 25.0 Å². The van der Waals surface area contributed by atoms with Gasteiger partial charge in [0.15, 0.2) is 0 Å². The van der Waals surface area contributed by atoms with Gasteiger partial charge in [-0.05, 0) is 50.9 Å². The highest BCUT2D eigenvalue weighted by Gasteiger charge is 2.35. The first kappa shape index (κ1) is 13.6. The minimum atomic E-state index is -0.152. The third-order valence-electron chi connectivity index (χ3n) is 4.55. The number of carbonyl (C=O) groups is 1. The molecule has 2 N–H and O–H groups in total. The van der Waals surface area contributed by atoms with Gasteiger partial charge in [0.1, 0.15) is 0 Å². The number of anilines is 1. The van der Waals surface area contributed by atoms with E-state index in [1.165, 1.54) is 25.9 Å². The van der Waals surface area contributed by atoms with Crippen molar-refractivity contribution in [2.24, 2.45) is 5.92 Å². The van der Waals surface area contributed by atoms with Crippen LogP contribution >= 0.6 is 0 Å². The minimum absolute atomic E-state index is 0.0487. The van der Waals surface area contributed by atoms with E-state index in [-0.39, 0.29) is 11.9 Å². The molecule has 1 aromatic rings. The maximum Gasteiger partial charge on any atom is 0.241 e. The summed E-state index contributed by atoms with van der Waals surface area (Å²) in [5.41, 5.74) is 0.861. The summed E-state index contributed by atoms with van der Waals surface area (Å²) < 4.78 is 0. The molecule has 3 saturated heterocycles. The minimum Gasteiger partial charge on any atom is -0.325 e. The summed E-state index contributed by atoms with van der Waals surface area (Å²) in [6.07, 6.45) is 2.54. The molecule has 2 unspecified atom stereocenters. The molecule has 3 aliphatic rings. The molecule has 0 saturated carbocycles. The summed E-state index contributed by atoms with van der Waals surface area (Å²) in [4.78, 5) is 14.7. The number of hydrogen-bond acceptors (Lipinski definition) is 3. The number of benzene rings is 1. The number of rotatable bonds is 4. The Kier molecular flexibility index (Phi) is 4.03. The van der Waals surface area contributed by atoms with Crippen molar-refractivity contribution in [2.45, 2.75) is 31.8 Å². The van der Waals surface area contributed by atoms with Crippen LogP contribution < -0.4 is 10.6 Å². The van der Waals surface area contributed by atoms with Crippen molar-refractivity contribution in [3.63, 3.8) is 0 Å². The van der Waals surface area contributed by atoms with E-state index < -0.39 is 0 Å². The van der Waals surface area contributed by atoms with Crippen molar-refractivity contribution in [3.05, 3.63) is 30.3 Å². The van der Waals surface area contributed by atoms with Gasteiger partial charge in [-0.3, -0.25) is 4.79 Å². The number of fused-ring (bicyclic) bond motifs is 3. The van der Waals surface area contributed by atoms with Crippen LogP contribution in [0.1, 0.15) is 19.8 Å². The lowest BCUT2D eigenvalue weighted by Gasteiger charge is -2.45. The zero-order valence-electron chi connectivity index (χ0n) is 12.0. The van der Waals surface area contributed by atoms with Crippen LogP contribution in [0.5, 0.6) is 0 Å². The summed E-state index contributed by atoms with van der Waals surface area (Å²) in [7, 11) is 0. The Morgan fingerprint density at radius 1 is 1.25 bits per heavy atom. The second kappa shape index (κ2) is 5.94. The van der Waals surface area contributed by atoms with Crippen LogP contribution in [0.15, 0.2) is 30.3 Å². The first-order chi connectivity index (χ1) is 9.72. The molecule has 0 aliphatic carbocycles. The van der Waals surface area contributed by atoms with Crippen LogP contribution in [-0.2, 0) is 4.79 Å². The van der Waals surface area contributed by atoms with Crippen LogP contribution in [0.25, 0.3) is 0 Å². The van der Waals surface area contributed by atoms with E-state index in [0.29, 0.717) is 6.04 Å². The molecule has 4 rings (SSSR count). The molecule has 108 valence electrons. The number of amides is 1. The Labute approximate surface area is 120 Å². The largest absolute Gasteiger partial charge is 0.325 e. The first-order valence-electron chi connectivity index (χ1n) is 7.56. The molecular weight excluding hydrogens is 250 g/mol. The standard InChI is InChI=1S/C16H23N3O/c1-12(16(20)18-14-5-3-2-4-6-14)17-15-11-19-9-7-13(15)8-10-19/h2-6,12-13,15,17H,7-11H2,1H3,(H,18,20). The Hall–Kier alpha value is -1.39. The summed E-state index contributed by atoms with van der Waals surface area (Å²) in [6, 6.07) is 9.96. The lowest BCUT2D eigenvalue weighted by atomic mass is 9.83. The summed E-state index contributed by atoms with van der Waals surface area (Å²) in [6.45, 7) is 5.50. The average Bonchev–Trinajstić information content (AvgIpc) is 2.49. The average molecular weight is 273 g/mol. The van der Waals surface area contributed by atoms with Crippen molar-refractivity contribution in [1.82, 2.24) is 10.2 Å². The molecule has 2 bridgehead atoms. The predicted molar refractivity (Wildman–Crippen MR) is 80.6 cm³/mol. The van der Waals surface area contributed by atoms with Gasteiger partial charge in [-0.1, -0.05) is 18.2 Å². The smallest absolute Gasteiger partial charge is 0.241 e. The van der Waals surface area contributed by atoms with Gasteiger partial charge in [-0.2, -0.15) is 0 Å². The first-order valence-corrected chi connectivity index (χ1v) is 7.56. The van der Waals surface area contributed by atoms with E-state index in [0.717, 1.165) is 18.2 Å². The van der Waals surface area contributed by atoms with Crippen molar-refractivity contribution < 1.29 is 4.79 Å². The summed E-state index contributed by atoms with van der Waals surface area (Å²) in [5, 5.41) is 6.48. The molecule has 2 atom stereocenters. The highest BCUT2D eigenvalue weighted by molar-refractivity contribution is 5.94. The normalized spacial score (nSPS) is 29.9. The van der Waals surface area contributed by atoms with Gasteiger partial charge in [-0.15, -0.1) is 0 Å². The number of piperidine rings is 3. The number of nitrogens with zero attached hydrogens (tertiary/aromatic N) is 1.